The number of allylic oxidation sites excluding steroid dienone is 1. The summed E-state index contributed by atoms with van der Waals surface area (Å²) in [6, 6.07) is 7.97. The maximum absolute atomic E-state index is 10.3. The molecule has 3 aromatic rings. The molecule has 1 atom stereocenters. The minimum atomic E-state index is -0.0609. The lowest BCUT2D eigenvalue weighted by Gasteiger charge is -2.06. The van der Waals surface area contributed by atoms with E-state index in [2.05, 4.69) is 20.1 Å². The van der Waals surface area contributed by atoms with E-state index < -0.39 is 0 Å². The van der Waals surface area contributed by atoms with Gasteiger partial charge in [0.15, 0.2) is 5.82 Å². The van der Waals surface area contributed by atoms with Crippen LogP contribution in [0.4, 0.5) is 0 Å². The summed E-state index contributed by atoms with van der Waals surface area (Å²) in [5.74, 6) is 0.414. The van der Waals surface area contributed by atoms with Gasteiger partial charge in [0.1, 0.15) is 0 Å². The van der Waals surface area contributed by atoms with E-state index in [0.717, 1.165) is 16.7 Å². The molecule has 25 heavy (non-hydrogen) atoms. The first-order valence-corrected chi connectivity index (χ1v) is 8.02. The maximum atomic E-state index is 10.3. The molecule has 1 unspecified atom stereocenters. The Morgan fingerprint density at radius 1 is 1.12 bits per heavy atom. The predicted octanol–water partition coefficient (Wildman–Crippen LogP) is 3.00. The third-order valence-electron chi connectivity index (χ3n) is 4.08. The second-order valence-corrected chi connectivity index (χ2v) is 6.03. The van der Waals surface area contributed by atoms with E-state index in [-0.39, 0.29) is 11.9 Å². The fraction of sp³-hybridized carbons (Fsp3) is 0.158. The Morgan fingerprint density at radius 2 is 1.96 bits per heavy atom. The highest BCUT2D eigenvalue weighted by Crippen LogP contribution is 2.26. The fourth-order valence-corrected chi connectivity index (χ4v) is 2.80. The monoisotopic (exact) mass is 331 g/mol. The molecule has 0 saturated heterocycles. The molecule has 0 spiro atoms. The molecule has 0 bridgehead atoms. The molecule has 1 aliphatic heterocycles. The van der Waals surface area contributed by atoms with Crippen molar-refractivity contribution < 1.29 is 5.11 Å². The Bertz CT molecular complexity index is 1000. The molecule has 6 heteroatoms. The molecule has 0 amide bonds. The molecule has 6 nitrogen and oxygen atoms in total. The number of hydrogen-bond acceptors (Lipinski definition) is 5. The first-order chi connectivity index (χ1) is 12.1. The third-order valence-corrected chi connectivity index (χ3v) is 4.08. The van der Waals surface area contributed by atoms with Crippen molar-refractivity contribution in [2.75, 3.05) is 0 Å². The smallest absolute Gasteiger partial charge is 0.224 e. The average Bonchev–Trinajstić information content (AvgIpc) is 3.23. The predicted molar refractivity (Wildman–Crippen MR) is 96.5 cm³/mol. The largest absolute Gasteiger partial charge is 0.493 e. The number of hydrogen-bond donors (Lipinski definition) is 1. The molecule has 4 rings (SSSR count). The van der Waals surface area contributed by atoms with Gasteiger partial charge >= 0.3 is 0 Å². The van der Waals surface area contributed by atoms with Crippen LogP contribution in [0.5, 0.6) is 5.88 Å². The summed E-state index contributed by atoms with van der Waals surface area (Å²) >= 11 is 0. The van der Waals surface area contributed by atoms with Crippen LogP contribution in [0.25, 0.3) is 22.5 Å². The number of aliphatic imine (C=N–C) groups is 1. The molecular weight excluding hydrogens is 314 g/mol. The van der Waals surface area contributed by atoms with Gasteiger partial charge in [0.2, 0.25) is 5.88 Å². The van der Waals surface area contributed by atoms with E-state index >= 15 is 0 Å². The van der Waals surface area contributed by atoms with Crippen molar-refractivity contribution in [3.8, 4) is 28.4 Å². The fourth-order valence-electron chi connectivity index (χ4n) is 2.80. The van der Waals surface area contributed by atoms with Gasteiger partial charge in [-0.25, -0.2) is 4.98 Å². The molecule has 0 saturated carbocycles. The number of aromatic hydroxyl groups is 1. The van der Waals surface area contributed by atoms with E-state index in [0.29, 0.717) is 17.1 Å². The maximum Gasteiger partial charge on any atom is 0.224 e. The van der Waals surface area contributed by atoms with Gasteiger partial charge < -0.3 is 5.11 Å². The number of benzene rings is 1. The van der Waals surface area contributed by atoms with Gasteiger partial charge in [0.05, 0.1) is 23.5 Å². The summed E-state index contributed by atoms with van der Waals surface area (Å²) in [4.78, 5) is 13.1. The average molecular weight is 331 g/mol. The number of aromatic nitrogens is 4. The zero-order valence-corrected chi connectivity index (χ0v) is 14.0. The lowest BCUT2D eigenvalue weighted by Crippen LogP contribution is -2.00. The quantitative estimate of drug-likeness (QED) is 0.800. The van der Waals surface area contributed by atoms with Crippen molar-refractivity contribution in [1.29, 1.82) is 0 Å². The highest BCUT2D eigenvalue weighted by molar-refractivity contribution is 6.11. The third kappa shape index (κ3) is 2.94. The molecule has 0 fully saturated rings. The highest BCUT2D eigenvalue weighted by atomic mass is 16.3. The summed E-state index contributed by atoms with van der Waals surface area (Å²) in [6.07, 6.45) is 9.24. The van der Waals surface area contributed by atoms with Crippen LogP contribution < -0.4 is 0 Å². The van der Waals surface area contributed by atoms with E-state index in [9.17, 15) is 5.11 Å². The van der Waals surface area contributed by atoms with Crippen LogP contribution in [-0.4, -0.2) is 36.6 Å². The van der Waals surface area contributed by atoms with E-state index in [1.54, 1.807) is 10.9 Å². The van der Waals surface area contributed by atoms with Crippen molar-refractivity contribution in [3.05, 3.63) is 60.6 Å². The Kier molecular flexibility index (Phi) is 3.65. The van der Waals surface area contributed by atoms with Crippen molar-refractivity contribution in [1.82, 2.24) is 19.7 Å². The second kappa shape index (κ2) is 5.98. The molecular formula is C19H17N5O. The molecule has 1 N–H and O–H groups in total. The summed E-state index contributed by atoms with van der Waals surface area (Å²) in [5.41, 5.74) is 4.13. The van der Waals surface area contributed by atoms with Crippen LogP contribution in [0.15, 0.2) is 60.0 Å². The lowest BCUT2D eigenvalue weighted by molar-refractivity contribution is 0.451. The molecule has 124 valence electrons. The Labute approximate surface area is 145 Å². The van der Waals surface area contributed by atoms with E-state index in [4.69, 9.17) is 0 Å². The summed E-state index contributed by atoms with van der Waals surface area (Å²) in [6.45, 7) is 1.99. The van der Waals surface area contributed by atoms with Gasteiger partial charge in [-0.2, -0.15) is 10.1 Å². The van der Waals surface area contributed by atoms with Gasteiger partial charge in [-0.1, -0.05) is 24.3 Å². The van der Waals surface area contributed by atoms with Crippen LogP contribution >= 0.6 is 0 Å². The zero-order valence-electron chi connectivity index (χ0n) is 14.0. The Hall–Kier alpha value is -3.28. The highest BCUT2D eigenvalue weighted by Gasteiger charge is 2.15. The van der Waals surface area contributed by atoms with Crippen LogP contribution in [0.1, 0.15) is 12.5 Å². The SMILES string of the molecule is CC1C=CC(c2cnc(-c3cccc(-c4cnn(C)c4)c3)nc2O)=N1. The van der Waals surface area contributed by atoms with Crippen molar-refractivity contribution in [3.63, 3.8) is 0 Å². The van der Waals surface area contributed by atoms with Gasteiger partial charge in [-0.05, 0) is 24.6 Å². The summed E-state index contributed by atoms with van der Waals surface area (Å²) in [7, 11) is 1.88. The second-order valence-electron chi connectivity index (χ2n) is 6.03. The van der Waals surface area contributed by atoms with Crippen LogP contribution in [0.2, 0.25) is 0 Å². The molecule has 0 aliphatic carbocycles. The van der Waals surface area contributed by atoms with Crippen LogP contribution in [0, 0.1) is 0 Å². The summed E-state index contributed by atoms with van der Waals surface area (Å²) < 4.78 is 1.76. The Morgan fingerprint density at radius 3 is 2.64 bits per heavy atom. The molecule has 1 aromatic carbocycles. The zero-order chi connectivity index (χ0) is 17.4. The number of aryl methyl sites for hydroxylation is 1. The minimum absolute atomic E-state index is 0.0609. The molecule has 0 radical (unpaired) electrons. The van der Waals surface area contributed by atoms with E-state index in [1.165, 1.54) is 0 Å². The topological polar surface area (TPSA) is 76.2 Å². The Balaban J connectivity index is 1.70. The molecule has 1 aliphatic rings. The van der Waals surface area contributed by atoms with Gasteiger partial charge in [-0.15, -0.1) is 0 Å². The molecule has 3 heterocycles. The standard InChI is InChI=1S/C19H17N5O/c1-12-6-7-17(22-12)16-10-20-18(23-19(16)25)14-5-3-4-13(8-14)15-9-21-24(2)11-15/h3-12H,1-2H3,(H,20,23,25). The first kappa shape index (κ1) is 15.3. The first-order valence-electron chi connectivity index (χ1n) is 8.02. The normalized spacial score (nSPS) is 16.2. The molecule has 2 aromatic heterocycles. The van der Waals surface area contributed by atoms with Crippen molar-refractivity contribution in [2.45, 2.75) is 13.0 Å². The lowest BCUT2D eigenvalue weighted by atomic mass is 10.1. The van der Waals surface area contributed by atoms with Crippen molar-refractivity contribution >= 4 is 5.71 Å². The number of rotatable bonds is 3. The van der Waals surface area contributed by atoms with Gasteiger partial charge in [-0.3, -0.25) is 9.67 Å². The number of nitrogens with zero attached hydrogens (tertiary/aromatic N) is 5. The minimum Gasteiger partial charge on any atom is -0.493 e. The summed E-state index contributed by atoms with van der Waals surface area (Å²) in [5, 5.41) is 14.5. The van der Waals surface area contributed by atoms with Crippen LogP contribution in [0.3, 0.4) is 0 Å². The van der Waals surface area contributed by atoms with Gasteiger partial charge in [0.25, 0.3) is 0 Å². The van der Waals surface area contributed by atoms with Gasteiger partial charge in [0, 0.05) is 30.6 Å². The van der Waals surface area contributed by atoms with Crippen molar-refractivity contribution in [2.24, 2.45) is 12.0 Å². The van der Waals surface area contributed by atoms with Crippen LogP contribution in [-0.2, 0) is 7.05 Å². The van der Waals surface area contributed by atoms with E-state index in [1.807, 2.05) is 62.8 Å².